The molecule has 0 aliphatic carbocycles. The van der Waals surface area contributed by atoms with Crippen molar-refractivity contribution < 1.29 is 28.5 Å². The predicted molar refractivity (Wildman–Crippen MR) is 114 cm³/mol. The zero-order valence-electron chi connectivity index (χ0n) is 18.5. The number of carbonyl (C=O) groups excluding carboxylic acids is 2. The van der Waals surface area contributed by atoms with Crippen molar-refractivity contribution in [3.63, 3.8) is 0 Å². The summed E-state index contributed by atoms with van der Waals surface area (Å²) >= 11 is 0. The van der Waals surface area contributed by atoms with Crippen molar-refractivity contribution in [1.82, 2.24) is 0 Å². The molecule has 0 N–H and O–H groups in total. The van der Waals surface area contributed by atoms with Gasteiger partial charge in [-0.2, -0.15) is 0 Å². The van der Waals surface area contributed by atoms with Crippen molar-refractivity contribution in [1.29, 1.82) is 0 Å². The van der Waals surface area contributed by atoms with Crippen molar-refractivity contribution in [2.45, 2.75) is 65.2 Å². The third kappa shape index (κ3) is 7.73. The maximum Gasteiger partial charge on any atom is 0.339 e. The zero-order valence-corrected chi connectivity index (χ0v) is 18.5. The van der Waals surface area contributed by atoms with E-state index in [1.807, 2.05) is 6.92 Å². The molecule has 1 heterocycles. The van der Waals surface area contributed by atoms with E-state index in [0.717, 1.165) is 25.7 Å². The smallest absolute Gasteiger partial charge is 0.339 e. The van der Waals surface area contributed by atoms with Gasteiger partial charge in [-0.1, -0.05) is 64.5 Å². The Morgan fingerprint density at radius 2 is 1.43 bits per heavy atom. The lowest BCUT2D eigenvalue weighted by Crippen LogP contribution is -2.41. The molecule has 6 heteroatoms. The van der Waals surface area contributed by atoms with Gasteiger partial charge in [0.15, 0.2) is 0 Å². The summed E-state index contributed by atoms with van der Waals surface area (Å²) in [5.41, 5.74) is 0.124. The average Bonchev–Trinajstić information content (AvgIpc) is 2.79. The van der Waals surface area contributed by atoms with E-state index >= 15 is 0 Å². The molecular formula is C24H36O6. The third-order valence-corrected chi connectivity index (χ3v) is 5.59. The molecule has 1 aromatic carbocycles. The van der Waals surface area contributed by atoms with Gasteiger partial charge in [-0.3, -0.25) is 0 Å². The van der Waals surface area contributed by atoms with Crippen LogP contribution in [0.2, 0.25) is 0 Å². The van der Waals surface area contributed by atoms with Crippen molar-refractivity contribution in [3.05, 3.63) is 35.4 Å². The summed E-state index contributed by atoms with van der Waals surface area (Å²) in [7, 11) is 0. The minimum atomic E-state index is -0.531. The third-order valence-electron chi connectivity index (χ3n) is 5.59. The maximum absolute atomic E-state index is 12.7. The van der Waals surface area contributed by atoms with Gasteiger partial charge in [0.1, 0.15) is 13.4 Å². The molecule has 6 nitrogen and oxygen atoms in total. The van der Waals surface area contributed by atoms with Crippen LogP contribution in [0.4, 0.5) is 0 Å². The van der Waals surface area contributed by atoms with Crippen LogP contribution < -0.4 is 0 Å². The summed E-state index contributed by atoms with van der Waals surface area (Å²) in [4.78, 5) is 25.2. The van der Waals surface area contributed by atoms with Gasteiger partial charge in [0.25, 0.3) is 0 Å². The first-order chi connectivity index (χ1) is 14.6. The highest BCUT2D eigenvalue weighted by Gasteiger charge is 2.34. The fraction of sp³-hybridized carbons (Fsp3) is 0.667. The number of esters is 2. The summed E-state index contributed by atoms with van der Waals surface area (Å²) in [6.45, 7) is 6.00. The summed E-state index contributed by atoms with van der Waals surface area (Å²) in [5, 5.41) is 0. The van der Waals surface area contributed by atoms with Crippen LogP contribution in [0, 0.1) is 5.41 Å². The molecule has 0 saturated carbocycles. The van der Waals surface area contributed by atoms with Gasteiger partial charge >= 0.3 is 11.9 Å². The van der Waals surface area contributed by atoms with E-state index in [9.17, 15) is 9.59 Å². The van der Waals surface area contributed by atoms with Crippen molar-refractivity contribution in [2.24, 2.45) is 5.41 Å². The standard InChI is InChI=1S/C24H36O6/c1-3-5-6-7-8-9-12-15-29-22(25)20-13-10-11-14-21(20)23(26)30-18-24(4-2)16-27-19-28-17-24/h10-11,13-14H,3-9,12,15-19H2,1-2H3. The molecule has 2 rings (SSSR count). The molecule has 30 heavy (non-hydrogen) atoms. The molecule has 1 saturated heterocycles. The van der Waals surface area contributed by atoms with Gasteiger partial charge in [0, 0.05) is 0 Å². The molecule has 1 fully saturated rings. The molecule has 0 amide bonds. The lowest BCUT2D eigenvalue weighted by atomic mass is 9.87. The highest BCUT2D eigenvalue weighted by molar-refractivity contribution is 6.03. The molecule has 1 aromatic rings. The van der Waals surface area contributed by atoms with E-state index in [4.69, 9.17) is 18.9 Å². The normalized spacial score (nSPS) is 15.5. The first-order valence-corrected chi connectivity index (χ1v) is 11.2. The Bertz CT molecular complexity index is 651. The number of hydrogen-bond acceptors (Lipinski definition) is 6. The first-order valence-electron chi connectivity index (χ1n) is 11.2. The zero-order chi connectivity index (χ0) is 21.7. The Labute approximate surface area is 180 Å². The molecule has 0 atom stereocenters. The van der Waals surface area contributed by atoms with Crippen LogP contribution in [0.1, 0.15) is 85.9 Å². The van der Waals surface area contributed by atoms with E-state index in [2.05, 4.69) is 6.92 Å². The van der Waals surface area contributed by atoms with Gasteiger partial charge in [-0.05, 0) is 25.0 Å². The molecule has 0 radical (unpaired) electrons. The van der Waals surface area contributed by atoms with Crippen LogP contribution >= 0.6 is 0 Å². The fourth-order valence-corrected chi connectivity index (χ4v) is 3.44. The Balaban J connectivity index is 1.82. The number of unbranched alkanes of at least 4 members (excludes halogenated alkanes) is 6. The van der Waals surface area contributed by atoms with Gasteiger partial charge in [0.2, 0.25) is 0 Å². The van der Waals surface area contributed by atoms with Crippen LogP contribution in [-0.4, -0.2) is 45.2 Å². The monoisotopic (exact) mass is 420 g/mol. The van der Waals surface area contributed by atoms with Crippen LogP contribution in [0.15, 0.2) is 24.3 Å². The molecule has 0 bridgehead atoms. The van der Waals surface area contributed by atoms with E-state index in [0.29, 0.717) is 19.8 Å². The van der Waals surface area contributed by atoms with Gasteiger partial charge in [0.05, 0.1) is 36.4 Å². The Morgan fingerprint density at radius 3 is 2.03 bits per heavy atom. The van der Waals surface area contributed by atoms with E-state index < -0.39 is 11.9 Å². The molecule has 1 aliphatic rings. The highest BCUT2D eigenvalue weighted by atomic mass is 16.7. The topological polar surface area (TPSA) is 71.1 Å². The molecule has 168 valence electrons. The Kier molecular flexibility index (Phi) is 10.9. The number of rotatable bonds is 13. The largest absolute Gasteiger partial charge is 0.462 e. The van der Waals surface area contributed by atoms with E-state index in [1.54, 1.807) is 24.3 Å². The number of benzene rings is 1. The molecule has 1 aliphatic heterocycles. The fourth-order valence-electron chi connectivity index (χ4n) is 3.44. The van der Waals surface area contributed by atoms with Crippen molar-refractivity contribution >= 4 is 11.9 Å². The number of hydrogen-bond donors (Lipinski definition) is 0. The van der Waals surface area contributed by atoms with Crippen LogP contribution in [0.25, 0.3) is 0 Å². The van der Waals surface area contributed by atoms with E-state index in [1.165, 1.54) is 25.7 Å². The Morgan fingerprint density at radius 1 is 0.867 bits per heavy atom. The van der Waals surface area contributed by atoms with Crippen molar-refractivity contribution in [3.8, 4) is 0 Å². The SMILES string of the molecule is CCCCCCCCCOC(=O)c1ccccc1C(=O)OCC1(CC)COCOC1. The number of carbonyl (C=O) groups is 2. The minimum Gasteiger partial charge on any atom is -0.462 e. The minimum absolute atomic E-state index is 0.184. The number of ether oxygens (including phenoxy) is 4. The second-order valence-electron chi connectivity index (χ2n) is 8.05. The first kappa shape index (κ1) is 24.4. The molecule has 0 unspecified atom stereocenters. The highest BCUT2D eigenvalue weighted by Crippen LogP contribution is 2.27. The van der Waals surface area contributed by atoms with Gasteiger partial charge in [-0.15, -0.1) is 0 Å². The van der Waals surface area contributed by atoms with E-state index in [-0.39, 0.29) is 29.9 Å². The summed E-state index contributed by atoms with van der Waals surface area (Å²) < 4.78 is 21.7. The second-order valence-corrected chi connectivity index (χ2v) is 8.05. The van der Waals surface area contributed by atoms with Crippen LogP contribution in [-0.2, 0) is 18.9 Å². The van der Waals surface area contributed by atoms with Crippen molar-refractivity contribution in [2.75, 3.05) is 33.2 Å². The lowest BCUT2D eigenvalue weighted by molar-refractivity contribution is -0.177. The maximum atomic E-state index is 12.7. The Hall–Kier alpha value is -1.92. The van der Waals surface area contributed by atoms with Crippen LogP contribution in [0.5, 0.6) is 0 Å². The lowest BCUT2D eigenvalue weighted by Gasteiger charge is -2.35. The van der Waals surface area contributed by atoms with Gasteiger partial charge in [-0.25, -0.2) is 9.59 Å². The summed E-state index contributed by atoms with van der Waals surface area (Å²) in [6, 6.07) is 6.63. The molecular weight excluding hydrogens is 384 g/mol. The van der Waals surface area contributed by atoms with Gasteiger partial charge < -0.3 is 18.9 Å². The second kappa shape index (κ2) is 13.4. The summed E-state index contributed by atoms with van der Waals surface area (Å²) in [5.74, 6) is -1.01. The predicted octanol–water partition coefficient (Wildman–Crippen LogP) is 5.15. The molecule has 0 aromatic heterocycles. The summed E-state index contributed by atoms with van der Waals surface area (Å²) in [6.07, 6.45) is 8.82. The molecule has 0 spiro atoms. The van der Waals surface area contributed by atoms with Crippen LogP contribution in [0.3, 0.4) is 0 Å². The quantitative estimate of drug-likeness (QED) is 0.325. The average molecular weight is 421 g/mol.